The number of hydrogen-bond acceptors (Lipinski definition) is 2. The van der Waals surface area contributed by atoms with E-state index in [1.807, 2.05) is 6.92 Å². The summed E-state index contributed by atoms with van der Waals surface area (Å²) in [6.07, 6.45) is 5.34. The zero-order valence-electron chi connectivity index (χ0n) is 5.37. The van der Waals surface area contributed by atoms with E-state index in [2.05, 4.69) is 11.3 Å². The Hall–Kier alpha value is -0.990. The Kier molecular flexibility index (Phi) is 2.13. The molecule has 0 aliphatic rings. The van der Waals surface area contributed by atoms with Crippen molar-refractivity contribution in [1.82, 2.24) is 9.94 Å². The van der Waals surface area contributed by atoms with Crippen molar-refractivity contribution in [2.75, 3.05) is 6.61 Å². The molecule has 0 aromatic carbocycles. The van der Waals surface area contributed by atoms with Gasteiger partial charge >= 0.3 is 0 Å². The summed E-state index contributed by atoms with van der Waals surface area (Å²) in [6, 6.07) is 1.70. The molecule has 0 bridgehead atoms. The molecule has 0 spiro atoms. The van der Waals surface area contributed by atoms with Gasteiger partial charge in [-0.1, -0.05) is 6.92 Å². The lowest BCUT2D eigenvalue weighted by molar-refractivity contribution is 0.0826. The molecule has 0 aliphatic carbocycles. The van der Waals surface area contributed by atoms with E-state index < -0.39 is 0 Å². The Morgan fingerprint density at radius 2 is 2.67 bits per heavy atom. The molecule has 0 unspecified atom stereocenters. The van der Waals surface area contributed by atoms with E-state index in [4.69, 9.17) is 4.84 Å². The monoisotopic (exact) mass is 125 g/mol. The molecule has 0 amide bonds. The number of rotatable bonds is 3. The second-order valence-electron chi connectivity index (χ2n) is 1.68. The molecule has 1 heterocycles. The van der Waals surface area contributed by atoms with Crippen LogP contribution in [0.2, 0.25) is 0 Å². The van der Waals surface area contributed by atoms with Gasteiger partial charge in [0, 0.05) is 0 Å². The van der Waals surface area contributed by atoms with Crippen LogP contribution >= 0.6 is 0 Å². The third-order valence-electron chi connectivity index (χ3n) is 0.861. The Bertz CT molecular complexity index is 148. The van der Waals surface area contributed by atoms with Crippen molar-refractivity contribution in [3.05, 3.63) is 18.5 Å². The average Bonchev–Trinajstić information content (AvgIpc) is 2.34. The van der Waals surface area contributed by atoms with E-state index >= 15 is 0 Å². The molecule has 1 aromatic rings. The van der Waals surface area contributed by atoms with Gasteiger partial charge in [0.15, 0.2) is 0 Å². The molecule has 1 aromatic heterocycles. The fourth-order valence-electron chi connectivity index (χ4n) is 0.477. The third kappa shape index (κ3) is 1.76. The summed E-state index contributed by atoms with van der Waals surface area (Å²) in [4.78, 5) is 6.48. The van der Waals surface area contributed by atoms with Crippen LogP contribution in [0.5, 0.6) is 0 Å². The fraction of sp³-hybridized carbons (Fsp3) is 0.500. The van der Waals surface area contributed by atoms with Crippen LogP contribution in [0.15, 0.2) is 12.3 Å². The Morgan fingerprint density at radius 3 is 3.22 bits per heavy atom. The maximum atomic E-state index is 5.07. The van der Waals surface area contributed by atoms with Crippen molar-refractivity contribution in [1.29, 1.82) is 0 Å². The molecule has 0 saturated carbocycles. The normalized spacial score (nSPS) is 9.44. The minimum atomic E-state index is 0.704. The van der Waals surface area contributed by atoms with E-state index in [1.165, 1.54) is 4.85 Å². The maximum absolute atomic E-state index is 5.07. The van der Waals surface area contributed by atoms with Gasteiger partial charge in [0.1, 0.15) is 12.8 Å². The minimum absolute atomic E-state index is 0.704. The van der Waals surface area contributed by atoms with Crippen LogP contribution in [0.25, 0.3) is 0 Å². The van der Waals surface area contributed by atoms with Crippen molar-refractivity contribution in [2.24, 2.45) is 0 Å². The zero-order chi connectivity index (χ0) is 6.53. The van der Waals surface area contributed by atoms with Gasteiger partial charge < -0.3 is 4.84 Å². The molecule has 49 valence electrons. The van der Waals surface area contributed by atoms with E-state index in [0.29, 0.717) is 6.61 Å². The molecule has 3 heteroatoms. The number of hydrogen-bond donors (Lipinski definition) is 0. The number of nitrogens with zero attached hydrogens (tertiary/aromatic N) is 2. The van der Waals surface area contributed by atoms with Crippen LogP contribution in [0.4, 0.5) is 0 Å². The summed E-state index contributed by atoms with van der Waals surface area (Å²) >= 11 is 0. The topological polar surface area (TPSA) is 27.1 Å². The lowest BCUT2D eigenvalue weighted by Gasteiger charge is -1.99. The van der Waals surface area contributed by atoms with E-state index in [-0.39, 0.29) is 0 Å². The largest absolute Gasteiger partial charge is 0.397 e. The summed E-state index contributed by atoms with van der Waals surface area (Å²) in [6.45, 7) is 2.75. The van der Waals surface area contributed by atoms with Gasteiger partial charge in [-0.15, -0.1) is 9.94 Å². The van der Waals surface area contributed by atoms with Gasteiger partial charge in [0.2, 0.25) is 0 Å². The molecule has 0 aliphatic heterocycles. The van der Waals surface area contributed by atoms with Crippen molar-refractivity contribution in [3.8, 4) is 0 Å². The summed E-state index contributed by atoms with van der Waals surface area (Å²) in [7, 11) is 0. The quantitative estimate of drug-likeness (QED) is 0.589. The predicted molar refractivity (Wildman–Crippen MR) is 32.8 cm³/mol. The minimum Gasteiger partial charge on any atom is -0.397 e. The lowest BCUT2D eigenvalue weighted by Crippen LogP contribution is -2.11. The Balaban J connectivity index is 2.30. The molecule has 0 fully saturated rings. The summed E-state index contributed by atoms with van der Waals surface area (Å²) in [5.41, 5.74) is 0. The second-order valence-corrected chi connectivity index (χ2v) is 1.68. The maximum Gasteiger partial charge on any atom is 0.116 e. The fourth-order valence-corrected chi connectivity index (χ4v) is 0.477. The third-order valence-corrected chi connectivity index (χ3v) is 0.861. The van der Waals surface area contributed by atoms with Crippen molar-refractivity contribution in [3.63, 3.8) is 0 Å². The van der Waals surface area contributed by atoms with E-state index in [1.54, 1.807) is 12.3 Å². The van der Waals surface area contributed by atoms with E-state index in [9.17, 15) is 0 Å². The molecule has 1 radical (unpaired) electrons. The van der Waals surface area contributed by atoms with Gasteiger partial charge in [-0.05, 0) is 12.5 Å². The molecule has 3 nitrogen and oxygen atoms in total. The molecule has 0 atom stereocenters. The van der Waals surface area contributed by atoms with Crippen molar-refractivity contribution < 1.29 is 4.84 Å². The Labute approximate surface area is 54.2 Å². The molecular formula is C6H9N2O. The first-order chi connectivity index (χ1) is 4.43. The van der Waals surface area contributed by atoms with Gasteiger partial charge in [0.25, 0.3) is 0 Å². The van der Waals surface area contributed by atoms with Crippen LogP contribution in [-0.2, 0) is 0 Å². The van der Waals surface area contributed by atoms with Gasteiger partial charge in [-0.2, -0.15) is 0 Å². The van der Waals surface area contributed by atoms with Crippen LogP contribution < -0.4 is 4.84 Å². The average molecular weight is 125 g/mol. The van der Waals surface area contributed by atoms with Gasteiger partial charge in [-0.3, -0.25) is 0 Å². The summed E-state index contributed by atoms with van der Waals surface area (Å²) < 4.78 is 0. The summed E-state index contributed by atoms with van der Waals surface area (Å²) in [5, 5.41) is 3.72. The highest BCUT2D eigenvalue weighted by Crippen LogP contribution is 1.79. The Morgan fingerprint density at radius 1 is 1.78 bits per heavy atom. The second kappa shape index (κ2) is 3.12. The molecule has 0 N–H and O–H groups in total. The predicted octanol–water partition coefficient (Wildman–Crippen LogP) is 0.522. The van der Waals surface area contributed by atoms with Crippen molar-refractivity contribution in [2.45, 2.75) is 13.3 Å². The van der Waals surface area contributed by atoms with Gasteiger partial charge in [-0.25, -0.2) is 0 Å². The standard InChI is InChI=1S/C6H9N2O/c1-2-6-9-8-5-3-4-7-8/h3,5H,2,6H2,1H3. The SMILES string of the molecule is CCCOn1cc[c]n1. The van der Waals surface area contributed by atoms with E-state index in [0.717, 1.165) is 6.42 Å². The van der Waals surface area contributed by atoms with Crippen LogP contribution in [0.3, 0.4) is 0 Å². The highest BCUT2D eigenvalue weighted by atomic mass is 16.7. The van der Waals surface area contributed by atoms with Gasteiger partial charge in [0.05, 0.1) is 6.20 Å². The molecule has 9 heavy (non-hydrogen) atoms. The highest BCUT2D eigenvalue weighted by Gasteiger charge is 1.85. The molecule has 0 saturated heterocycles. The number of aromatic nitrogens is 2. The van der Waals surface area contributed by atoms with Crippen molar-refractivity contribution >= 4 is 0 Å². The smallest absolute Gasteiger partial charge is 0.116 e. The molecule has 1 rings (SSSR count). The zero-order valence-corrected chi connectivity index (χ0v) is 5.37. The van der Waals surface area contributed by atoms with Crippen LogP contribution in [0, 0.1) is 6.20 Å². The first-order valence-electron chi connectivity index (χ1n) is 2.98. The molecular weight excluding hydrogens is 116 g/mol. The van der Waals surface area contributed by atoms with Crippen LogP contribution in [0.1, 0.15) is 13.3 Å². The van der Waals surface area contributed by atoms with Crippen LogP contribution in [-0.4, -0.2) is 16.6 Å². The first-order valence-corrected chi connectivity index (χ1v) is 2.98. The lowest BCUT2D eigenvalue weighted by atomic mass is 10.5. The summed E-state index contributed by atoms with van der Waals surface area (Å²) in [5.74, 6) is 0. The first kappa shape index (κ1) is 6.13. The highest BCUT2D eigenvalue weighted by molar-refractivity contribution is 4.72.